The van der Waals surface area contributed by atoms with Crippen molar-refractivity contribution in [1.82, 2.24) is 9.55 Å². The summed E-state index contributed by atoms with van der Waals surface area (Å²) in [6.45, 7) is 0.181. The second kappa shape index (κ2) is 5.16. The van der Waals surface area contributed by atoms with Gasteiger partial charge in [-0.05, 0) is 29.6 Å². The second-order valence-corrected chi connectivity index (χ2v) is 5.44. The van der Waals surface area contributed by atoms with E-state index in [0.717, 1.165) is 17.0 Å². The fourth-order valence-corrected chi connectivity index (χ4v) is 2.95. The maximum Gasteiger partial charge on any atom is 0.416 e. The number of aromatic nitrogens is 2. The number of alkyl halides is 3. The fraction of sp³-hybridized carbons (Fsp3) is 0.214. The SMILES string of the molecule is OCCn1c(-c2cccs2)nc2cc(C(F)(F)F)ccc21. The number of rotatable bonds is 3. The van der Waals surface area contributed by atoms with Gasteiger partial charge in [0.15, 0.2) is 5.82 Å². The minimum Gasteiger partial charge on any atom is -0.395 e. The molecule has 0 fully saturated rings. The highest BCUT2D eigenvalue weighted by atomic mass is 32.1. The fourth-order valence-electron chi connectivity index (χ4n) is 2.23. The highest BCUT2D eigenvalue weighted by Gasteiger charge is 2.31. The summed E-state index contributed by atoms with van der Waals surface area (Å²) in [5.41, 5.74) is 0.142. The number of thiophene rings is 1. The number of aliphatic hydroxyl groups is 1. The Kier molecular flexibility index (Phi) is 3.46. The average Bonchev–Trinajstić information content (AvgIpc) is 3.05. The third-order valence-corrected chi connectivity index (χ3v) is 4.01. The number of hydrogen-bond donors (Lipinski definition) is 1. The van der Waals surface area contributed by atoms with Crippen LogP contribution in [0.1, 0.15) is 5.56 Å². The maximum absolute atomic E-state index is 12.8. The molecule has 0 bridgehead atoms. The zero-order chi connectivity index (χ0) is 15.0. The molecule has 0 unspecified atom stereocenters. The van der Waals surface area contributed by atoms with E-state index in [0.29, 0.717) is 11.3 Å². The Morgan fingerprint density at radius 1 is 1.24 bits per heavy atom. The van der Waals surface area contributed by atoms with Gasteiger partial charge < -0.3 is 9.67 Å². The Morgan fingerprint density at radius 3 is 2.67 bits per heavy atom. The number of benzene rings is 1. The van der Waals surface area contributed by atoms with Crippen LogP contribution < -0.4 is 0 Å². The molecule has 0 spiro atoms. The van der Waals surface area contributed by atoms with Crippen molar-refractivity contribution in [2.24, 2.45) is 0 Å². The van der Waals surface area contributed by atoms with E-state index in [1.165, 1.54) is 17.4 Å². The van der Waals surface area contributed by atoms with Crippen molar-refractivity contribution < 1.29 is 18.3 Å². The molecular weight excluding hydrogens is 301 g/mol. The van der Waals surface area contributed by atoms with E-state index in [1.807, 2.05) is 17.5 Å². The minimum absolute atomic E-state index is 0.106. The first-order valence-corrected chi connectivity index (χ1v) is 7.11. The standard InChI is InChI=1S/C14H11F3N2OS/c15-14(16,17)9-3-4-11-10(8-9)18-13(19(11)5-6-20)12-2-1-7-21-12/h1-4,7-8,20H,5-6H2. The van der Waals surface area contributed by atoms with Gasteiger partial charge in [-0.15, -0.1) is 11.3 Å². The van der Waals surface area contributed by atoms with Crippen LogP contribution in [-0.4, -0.2) is 21.3 Å². The summed E-state index contributed by atoms with van der Waals surface area (Å²) in [5, 5.41) is 11.1. The molecule has 21 heavy (non-hydrogen) atoms. The van der Waals surface area contributed by atoms with E-state index in [1.54, 1.807) is 4.57 Å². The van der Waals surface area contributed by atoms with Gasteiger partial charge in [0.25, 0.3) is 0 Å². The molecule has 3 nitrogen and oxygen atoms in total. The molecule has 2 heterocycles. The number of halogens is 3. The van der Waals surface area contributed by atoms with Crippen LogP contribution in [-0.2, 0) is 12.7 Å². The molecule has 3 rings (SSSR count). The molecule has 2 aromatic heterocycles. The molecule has 1 N–H and O–H groups in total. The molecule has 0 aliphatic carbocycles. The molecule has 0 aliphatic heterocycles. The van der Waals surface area contributed by atoms with Gasteiger partial charge in [-0.2, -0.15) is 13.2 Å². The first kappa shape index (κ1) is 14.1. The summed E-state index contributed by atoms with van der Waals surface area (Å²) >= 11 is 1.45. The lowest BCUT2D eigenvalue weighted by Gasteiger charge is -2.07. The van der Waals surface area contributed by atoms with Crippen LogP contribution in [0.4, 0.5) is 13.2 Å². The van der Waals surface area contributed by atoms with E-state index in [9.17, 15) is 18.3 Å². The van der Waals surface area contributed by atoms with Crippen LogP contribution in [0.2, 0.25) is 0 Å². The van der Waals surface area contributed by atoms with Crippen LogP contribution in [0.25, 0.3) is 21.7 Å². The van der Waals surface area contributed by atoms with Gasteiger partial charge in [-0.1, -0.05) is 6.07 Å². The van der Waals surface area contributed by atoms with Crippen LogP contribution >= 0.6 is 11.3 Å². The van der Waals surface area contributed by atoms with Gasteiger partial charge in [0.2, 0.25) is 0 Å². The highest BCUT2D eigenvalue weighted by Crippen LogP contribution is 2.33. The summed E-state index contributed by atoms with van der Waals surface area (Å²) < 4.78 is 40.1. The zero-order valence-corrected chi connectivity index (χ0v) is 11.6. The lowest BCUT2D eigenvalue weighted by molar-refractivity contribution is -0.137. The predicted octanol–water partition coefficient (Wildman–Crippen LogP) is 3.78. The average molecular weight is 312 g/mol. The summed E-state index contributed by atoms with van der Waals surface area (Å²) in [5.74, 6) is 0.577. The van der Waals surface area contributed by atoms with Gasteiger partial charge in [-0.3, -0.25) is 0 Å². The van der Waals surface area contributed by atoms with Gasteiger partial charge in [-0.25, -0.2) is 4.98 Å². The lowest BCUT2D eigenvalue weighted by atomic mass is 10.2. The van der Waals surface area contributed by atoms with Crippen molar-refractivity contribution in [3.8, 4) is 10.7 Å². The summed E-state index contributed by atoms with van der Waals surface area (Å²) in [7, 11) is 0. The third-order valence-electron chi connectivity index (χ3n) is 3.14. The normalized spacial score (nSPS) is 12.2. The number of imidazole rings is 1. The predicted molar refractivity (Wildman–Crippen MR) is 75.1 cm³/mol. The van der Waals surface area contributed by atoms with E-state index in [2.05, 4.69) is 4.98 Å². The van der Waals surface area contributed by atoms with Crippen molar-refractivity contribution in [3.63, 3.8) is 0 Å². The summed E-state index contributed by atoms with van der Waals surface area (Å²) in [4.78, 5) is 5.17. The van der Waals surface area contributed by atoms with E-state index < -0.39 is 11.7 Å². The minimum atomic E-state index is -4.39. The van der Waals surface area contributed by atoms with Crippen molar-refractivity contribution in [2.45, 2.75) is 12.7 Å². The number of aliphatic hydroxyl groups excluding tert-OH is 1. The van der Waals surface area contributed by atoms with Gasteiger partial charge in [0.05, 0.1) is 28.1 Å². The Hall–Kier alpha value is -1.86. The van der Waals surface area contributed by atoms with Crippen LogP contribution in [0, 0.1) is 0 Å². The third kappa shape index (κ3) is 2.54. The Balaban J connectivity index is 2.21. The van der Waals surface area contributed by atoms with Crippen molar-refractivity contribution in [3.05, 3.63) is 41.3 Å². The van der Waals surface area contributed by atoms with Crippen molar-refractivity contribution in [1.29, 1.82) is 0 Å². The van der Waals surface area contributed by atoms with Crippen LogP contribution in [0.5, 0.6) is 0 Å². The molecule has 0 amide bonds. The molecule has 1 aromatic carbocycles. The Bertz CT molecular complexity index is 762. The smallest absolute Gasteiger partial charge is 0.395 e. The molecule has 3 aromatic rings. The molecule has 0 aliphatic rings. The summed E-state index contributed by atoms with van der Waals surface area (Å²) in [6, 6.07) is 7.18. The molecule has 7 heteroatoms. The summed E-state index contributed by atoms with van der Waals surface area (Å²) in [6.07, 6.45) is -4.39. The maximum atomic E-state index is 12.8. The topological polar surface area (TPSA) is 38.0 Å². The molecule has 110 valence electrons. The Labute approximate surface area is 122 Å². The van der Waals surface area contributed by atoms with Crippen LogP contribution in [0.15, 0.2) is 35.7 Å². The molecule has 0 atom stereocenters. The number of fused-ring (bicyclic) bond motifs is 1. The van der Waals surface area contributed by atoms with E-state index >= 15 is 0 Å². The lowest BCUT2D eigenvalue weighted by Crippen LogP contribution is -2.05. The van der Waals surface area contributed by atoms with E-state index in [4.69, 9.17) is 0 Å². The van der Waals surface area contributed by atoms with Crippen molar-refractivity contribution >= 4 is 22.4 Å². The molecular formula is C14H11F3N2OS. The monoisotopic (exact) mass is 312 g/mol. The van der Waals surface area contributed by atoms with Gasteiger partial charge in [0.1, 0.15) is 0 Å². The Morgan fingerprint density at radius 2 is 2.05 bits per heavy atom. The second-order valence-electron chi connectivity index (χ2n) is 4.49. The largest absolute Gasteiger partial charge is 0.416 e. The first-order valence-electron chi connectivity index (χ1n) is 6.23. The van der Waals surface area contributed by atoms with Gasteiger partial charge in [0, 0.05) is 6.54 Å². The number of hydrogen-bond acceptors (Lipinski definition) is 3. The zero-order valence-electron chi connectivity index (χ0n) is 10.8. The van der Waals surface area contributed by atoms with Crippen molar-refractivity contribution in [2.75, 3.05) is 6.61 Å². The molecule has 0 saturated carbocycles. The quantitative estimate of drug-likeness (QED) is 0.799. The first-order chi connectivity index (χ1) is 10.0. The molecule has 0 saturated heterocycles. The molecule has 0 radical (unpaired) electrons. The van der Waals surface area contributed by atoms with Gasteiger partial charge >= 0.3 is 6.18 Å². The van der Waals surface area contributed by atoms with E-state index in [-0.39, 0.29) is 18.7 Å². The number of nitrogens with zero attached hydrogens (tertiary/aromatic N) is 2. The highest BCUT2D eigenvalue weighted by molar-refractivity contribution is 7.13. The van der Waals surface area contributed by atoms with Crippen LogP contribution in [0.3, 0.4) is 0 Å².